The molecule has 0 aromatic carbocycles. The first-order valence-electron chi connectivity index (χ1n) is 10.0. The summed E-state index contributed by atoms with van der Waals surface area (Å²) in [6.45, 7) is 3.19. The molecular weight excluding hydrogens is 410 g/mol. The number of hydrogen-bond acceptors (Lipinski definition) is 8. The Morgan fingerprint density at radius 2 is 2.17 bits per heavy atom. The van der Waals surface area contributed by atoms with Gasteiger partial charge in [-0.15, -0.1) is 4.31 Å². The minimum Gasteiger partial charge on any atom is -0.598 e. The average Bonchev–Trinajstić information content (AvgIpc) is 2.73. The lowest BCUT2D eigenvalue weighted by Gasteiger charge is -2.31. The maximum atomic E-state index is 12.4. The van der Waals surface area contributed by atoms with Gasteiger partial charge >= 0.3 is 0 Å². The predicted octanol–water partition coefficient (Wildman–Crippen LogP) is 1.90. The van der Waals surface area contributed by atoms with Gasteiger partial charge in [0.25, 0.3) is 5.56 Å². The van der Waals surface area contributed by atoms with Gasteiger partial charge in [-0.2, -0.15) is 11.8 Å². The van der Waals surface area contributed by atoms with Gasteiger partial charge in [0.15, 0.2) is 5.65 Å². The van der Waals surface area contributed by atoms with E-state index in [0.717, 1.165) is 52.0 Å². The van der Waals surface area contributed by atoms with E-state index in [1.54, 1.807) is 12.3 Å². The van der Waals surface area contributed by atoms with Crippen molar-refractivity contribution in [1.29, 1.82) is 0 Å². The van der Waals surface area contributed by atoms with E-state index in [1.807, 2.05) is 22.1 Å². The molecule has 158 valence electrons. The quantitative estimate of drug-likeness (QED) is 0.660. The topological polar surface area (TPSA) is 106 Å². The molecule has 0 amide bonds. The lowest BCUT2D eigenvalue weighted by molar-refractivity contribution is 0.1000. The van der Waals surface area contributed by atoms with Gasteiger partial charge < -0.3 is 19.6 Å². The largest absolute Gasteiger partial charge is 0.598 e. The zero-order valence-corrected chi connectivity index (χ0v) is 18.2. The van der Waals surface area contributed by atoms with Gasteiger partial charge in [-0.25, -0.2) is 9.97 Å². The molecule has 2 fully saturated rings. The molecular formula is C19H27N5O3S2. The summed E-state index contributed by atoms with van der Waals surface area (Å²) >= 11 is 0.854. The van der Waals surface area contributed by atoms with Gasteiger partial charge in [-0.3, -0.25) is 4.79 Å². The van der Waals surface area contributed by atoms with E-state index < -0.39 is 11.4 Å². The second-order valence-electron chi connectivity index (χ2n) is 7.50. The molecule has 2 N–H and O–H groups in total. The number of piperidine rings is 1. The molecule has 2 unspecified atom stereocenters. The van der Waals surface area contributed by atoms with Crippen molar-refractivity contribution in [3.63, 3.8) is 0 Å². The molecule has 10 heteroatoms. The molecule has 0 aliphatic carbocycles. The van der Waals surface area contributed by atoms with Crippen molar-refractivity contribution in [2.24, 2.45) is 0 Å². The summed E-state index contributed by atoms with van der Waals surface area (Å²) in [7, 11) is 0. The highest BCUT2D eigenvalue weighted by atomic mass is 32.2. The summed E-state index contributed by atoms with van der Waals surface area (Å²) < 4.78 is 19.1. The molecule has 0 bridgehead atoms. The molecule has 2 aromatic rings. The van der Waals surface area contributed by atoms with Crippen LogP contribution in [0.2, 0.25) is 0 Å². The van der Waals surface area contributed by atoms with Crippen molar-refractivity contribution in [3.8, 4) is 0 Å². The number of H-pyrrole nitrogens is 1. The van der Waals surface area contributed by atoms with Crippen LogP contribution < -0.4 is 10.9 Å². The summed E-state index contributed by atoms with van der Waals surface area (Å²) in [5.41, 5.74) is 0.315. The highest BCUT2D eigenvalue weighted by Crippen LogP contribution is 2.25. The van der Waals surface area contributed by atoms with Gasteiger partial charge in [0.2, 0.25) is 0 Å². The number of fused-ring (bicyclic) bond motifs is 1. The highest BCUT2D eigenvalue weighted by molar-refractivity contribution is 7.99. The zero-order chi connectivity index (χ0) is 20.2. The fourth-order valence-corrected chi connectivity index (χ4v) is 5.59. The normalized spacial score (nSPS) is 22.6. The molecule has 4 heterocycles. The van der Waals surface area contributed by atoms with Crippen molar-refractivity contribution in [2.75, 3.05) is 37.9 Å². The lowest BCUT2D eigenvalue weighted by atomic mass is 10.1. The molecule has 2 atom stereocenters. The van der Waals surface area contributed by atoms with E-state index in [1.165, 1.54) is 0 Å². The lowest BCUT2D eigenvalue weighted by Crippen LogP contribution is -2.44. The van der Waals surface area contributed by atoms with Gasteiger partial charge in [0, 0.05) is 42.4 Å². The van der Waals surface area contributed by atoms with E-state index >= 15 is 0 Å². The van der Waals surface area contributed by atoms with Crippen molar-refractivity contribution in [2.45, 2.75) is 42.7 Å². The Morgan fingerprint density at radius 1 is 1.34 bits per heavy atom. The van der Waals surface area contributed by atoms with E-state index in [9.17, 15) is 9.35 Å². The van der Waals surface area contributed by atoms with Crippen LogP contribution in [0, 0.1) is 0 Å². The van der Waals surface area contributed by atoms with Crippen LogP contribution >= 0.6 is 11.8 Å². The zero-order valence-electron chi connectivity index (χ0n) is 16.6. The molecule has 29 heavy (non-hydrogen) atoms. The number of pyridine rings is 1. The number of aromatic nitrogens is 3. The Kier molecular flexibility index (Phi) is 6.96. The van der Waals surface area contributed by atoms with Crippen molar-refractivity contribution >= 4 is 40.0 Å². The molecule has 2 aromatic heterocycles. The van der Waals surface area contributed by atoms with Crippen molar-refractivity contribution in [1.82, 2.24) is 19.3 Å². The standard InChI is InChI=1S/C19H27N5O3S2/c1-29(26)24-8-2-3-13(11-24)20-16-5-4-15-18(21-16)22-17(23-19(15)25)12-28-14-6-9-27-10-7-14/h4-5,13-14H,2-3,6-12H2,1H3,(H2,20,21,22,23,25). The Hall–Kier alpha value is -1.33. The molecule has 0 saturated carbocycles. The number of anilines is 1. The second kappa shape index (κ2) is 9.65. The van der Waals surface area contributed by atoms with Crippen molar-refractivity contribution in [3.05, 3.63) is 28.3 Å². The van der Waals surface area contributed by atoms with Crippen molar-refractivity contribution < 1.29 is 9.29 Å². The maximum absolute atomic E-state index is 12.4. The van der Waals surface area contributed by atoms with Crippen LogP contribution in [0.25, 0.3) is 11.0 Å². The summed E-state index contributed by atoms with van der Waals surface area (Å²) in [5, 5.41) is 4.46. The first kappa shape index (κ1) is 20.9. The SMILES string of the molecule is C[S+]([O-])N1CCCC(Nc2ccc3c(=O)[nH]c(CSC4CCOCC4)nc3n2)C1. The smallest absolute Gasteiger partial charge is 0.260 e. The number of nitrogens with zero attached hydrogens (tertiary/aromatic N) is 3. The third kappa shape index (κ3) is 5.43. The molecule has 2 aliphatic rings. The van der Waals surface area contributed by atoms with E-state index in [2.05, 4.69) is 20.3 Å². The Bertz CT molecular complexity index is 888. The van der Waals surface area contributed by atoms with Crippen LogP contribution in [0.15, 0.2) is 16.9 Å². The van der Waals surface area contributed by atoms with Gasteiger partial charge in [0.1, 0.15) is 17.9 Å². The number of ether oxygens (including phenoxy) is 1. The molecule has 0 spiro atoms. The second-order valence-corrected chi connectivity index (χ2v) is 10.2. The van der Waals surface area contributed by atoms with Crippen LogP contribution in [0.4, 0.5) is 5.82 Å². The third-order valence-electron chi connectivity index (χ3n) is 5.34. The average molecular weight is 438 g/mol. The molecule has 2 saturated heterocycles. The van der Waals surface area contributed by atoms with Gasteiger partial charge in [-0.1, -0.05) is 0 Å². The third-order valence-corrected chi connectivity index (χ3v) is 7.78. The fraction of sp³-hybridized carbons (Fsp3) is 0.632. The minimum absolute atomic E-state index is 0.151. The highest BCUT2D eigenvalue weighted by Gasteiger charge is 2.25. The Labute approximate surface area is 177 Å². The molecule has 0 radical (unpaired) electrons. The number of thioether (sulfide) groups is 1. The molecule has 8 nitrogen and oxygen atoms in total. The van der Waals surface area contributed by atoms with Crippen LogP contribution in [0.1, 0.15) is 31.5 Å². The summed E-state index contributed by atoms with van der Waals surface area (Å²) in [5.74, 6) is 2.02. The van der Waals surface area contributed by atoms with Gasteiger partial charge in [-0.05, 0) is 37.8 Å². The van der Waals surface area contributed by atoms with E-state index in [0.29, 0.717) is 33.7 Å². The van der Waals surface area contributed by atoms with Crippen LogP contribution in [-0.4, -0.2) is 67.7 Å². The molecule has 4 rings (SSSR count). The monoisotopic (exact) mass is 437 g/mol. The number of aromatic amines is 1. The van der Waals surface area contributed by atoms with Crippen LogP contribution in [0.5, 0.6) is 0 Å². The Morgan fingerprint density at radius 3 is 2.97 bits per heavy atom. The number of hydrogen-bond donors (Lipinski definition) is 2. The molecule has 2 aliphatic heterocycles. The summed E-state index contributed by atoms with van der Waals surface area (Å²) in [4.78, 5) is 24.5. The maximum Gasteiger partial charge on any atom is 0.260 e. The fourth-order valence-electron chi connectivity index (χ4n) is 3.76. The van der Waals surface area contributed by atoms with Crippen LogP contribution in [0.3, 0.4) is 0 Å². The minimum atomic E-state index is -0.959. The summed E-state index contributed by atoms with van der Waals surface area (Å²) in [6.07, 6.45) is 5.79. The van der Waals surface area contributed by atoms with E-state index in [-0.39, 0.29) is 11.6 Å². The number of rotatable bonds is 6. The summed E-state index contributed by atoms with van der Waals surface area (Å²) in [6, 6.07) is 3.77. The first-order valence-corrected chi connectivity index (χ1v) is 12.6. The van der Waals surface area contributed by atoms with Crippen LogP contribution in [-0.2, 0) is 21.9 Å². The van der Waals surface area contributed by atoms with Gasteiger partial charge in [0.05, 0.1) is 17.7 Å². The first-order chi connectivity index (χ1) is 14.1. The number of nitrogens with one attached hydrogen (secondary N) is 2. The predicted molar refractivity (Wildman–Crippen MR) is 118 cm³/mol. The van der Waals surface area contributed by atoms with E-state index in [4.69, 9.17) is 4.74 Å². The Balaban J connectivity index is 1.46.